The minimum atomic E-state index is -1.17. The van der Waals surface area contributed by atoms with Gasteiger partial charge >= 0.3 is 0 Å². The van der Waals surface area contributed by atoms with Crippen molar-refractivity contribution in [3.8, 4) is 0 Å². The van der Waals surface area contributed by atoms with Gasteiger partial charge in [-0.1, -0.05) is 0 Å². The zero-order valence-electron chi connectivity index (χ0n) is 8.31. The first-order chi connectivity index (χ1) is 7.20. The molecule has 3 N–H and O–H groups in total. The number of hydrazine groups is 1. The molecular weight excluding hydrogens is 197 g/mol. The molecule has 1 aromatic heterocycles. The fraction of sp³-hybridized carbons (Fsp3) is 0.333. The lowest BCUT2D eigenvalue weighted by molar-refractivity contribution is 0.420. The molecular formula is C9H12FN5. The predicted octanol–water partition coefficient (Wildman–Crippen LogP) is 0.365. The molecule has 0 aliphatic carbocycles. The monoisotopic (exact) mass is 209 g/mol. The van der Waals surface area contributed by atoms with E-state index in [1.807, 2.05) is 13.2 Å². The summed E-state index contributed by atoms with van der Waals surface area (Å²) in [6.45, 7) is 0. The quantitative estimate of drug-likeness (QED) is 0.518. The molecule has 1 aliphatic rings. The number of halogens is 1. The van der Waals surface area contributed by atoms with Gasteiger partial charge in [-0.3, -0.25) is 4.68 Å². The van der Waals surface area contributed by atoms with Crippen molar-refractivity contribution in [1.82, 2.24) is 15.2 Å². The minimum Gasteiger partial charge on any atom is -0.310 e. The van der Waals surface area contributed by atoms with Gasteiger partial charge in [0, 0.05) is 31.4 Å². The smallest absolute Gasteiger partial charge is 0.162 e. The topological polar surface area (TPSA) is 68.2 Å². The Morgan fingerprint density at radius 3 is 3.00 bits per heavy atom. The number of alkyl halides is 1. The molecule has 80 valence electrons. The highest BCUT2D eigenvalue weighted by atomic mass is 19.1. The number of aromatic nitrogens is 2. The summed E-state index contributed by atoms with van der Waals surface area (Å²) in [5.74, 6) is 5.28. The Morgan fingerprint density at radius 2 is 2.47 bits per heavy atom. The van der Waals surface area contributed by atoms with Crippen LogP contribution in [0.3, 0.4) is 0 Å². The summed E-state index contributed by atoms with van der Waals surface area (Å²) in [5.41, 5.74) is 3.96. The van der Waals surface area contributed by atoms with E-state index >= 15 is 0 Å². The summed E-state index contributed by atoms with van der Waals surface area (Å²) in [4.78, 5) is 3.90. The molecule has 5 nitrogen and oxygen atoms in total. The fourth-order valence-electron chi connectivity index (χ4n) is 1.48. The molecule has 2 heterocycles. The Balaban J connectivity index is 2.26. The molecule has 1 atom stereocenters. The van der Waals surface area contributed by atoms with E-state index in [0.717, 1.165) is 11.1 Å². The number of hydrogen-bond acceptors (Lipinski definition) is 4. The predicted molar refractivity (Wildman–Crippen MR) is 55.5 cm³/mol. The molecule has 2 rings (SSSR count). The Kier molecular flexibility index (Phi) is 2.51. The van der Waals surface area contributed by atoms with Gasteiger partial charge in [-0.2, -0.15) is 5.10 Å². The Bertz CT molecular complexity index is 420. The van der Waals surface area contributed by atoms with E-state index in [1.165, 1.54) is 0 Å². The largest absolute Gasteiger partial charge is 0.310 e. The molecule has 15 heavy (non-hydrogen) atoms. The molecule has 0 saturated carbocycles. The number of aryl methyl sites for hydroxylation is 1. The maximum atomic E-state index is 13.4. The van der Waals surface area contributed by atoms with Gasteiger partial charge < -0.3 is 5.43 Å². The Labute approximate surface area is 86.5 Å². The molecule has 0 amide bonds. The standard InChI is InChI=1S/C9H12FN5/c1-15-5-7(4-13-15)6-2-8(10)9(14-11)12-3-6/h3-5,8H,2,11H2,1H3,(H,12,14). The molecule has 0 aromatic carbocycles. The van der Waals surface area contributed by atoms with Crippen LogP contribution in [0, 0.1) is 0 Å². The van der Waals surface area contributed by atoms with Crippen LogP contribution in [-0.2, 0) is 7.05 Å². The number of allylic oxidation sites excluding steroid dienone is 1. The highest BCUT2D eigenvalue weighted by Crippen LogP contribution is 2.24. The van der Waals surface area contributed by atoms with E-state index in [2.05, 4.69) is 15.5 Å². The van der Waals surface area contributed by atoms with Crippen LogP contribution >= 0.6 is 0 Å². The van der Waals surface area contributed by atoms with Crippen LogP contribution < -0.4 is 11.3 Å². The Hall–Kier alpha value is -1.69. The summed E-state index contributed by atoms with van der Waals surface area (Å²) in [7, 11) is 1.82. The fourth-order valence-corrected chi connectivity index (χ4v) is 1.48. The van der Waals surface area contributed by atoms with Crippen LogP contribution in [0.15, 0.2) is 23.6 Å². The second-order valence-corrected chi connectivity index (χ2v) is 3.39. The molecule has 1 unspecified atom stereocenters. The third-order valence-corrected chi connectivity index (χ3v) is 2.28. The number of amidine groups is 1. The van der Waals surface area contributed by atoms with Crippen molar-refractivity contribution in [3.63, 3.8) is 0 Å². The average molecular weight is 209 g/mol. The number of hydrogen-bond donors (Lipinski definition) is 2. The summed E-state index contributed by atoms with van der Waals surface area (Å²) < 4.78 is 15.1. The van der Waals surface area contributed by atoms with E-state index in [9.17, 15) is 4.39 Å². The van der Waals surface area contributed by atoms with Crippen LogP contribution in [0.25, 0.3) is 5.57 Å². The highest BCUT2D eigenvalue weighted by molar-refractivity contribution is 5.91. The molecule has 6 heteroatoms. The van der Waals surface area contributed by atoms with Crippen LogP contribution in [0.1, 0.15) is 12.0 Å². The number of nitrogens with two attached hydrogens (primary N) is 1. The van der Waals surface area contributed by atoms with Crippen LogP contribution in [-0.4, -0.2) is 21.8 Å². The van der Waals surface area contributed by atoms with Crippen molar-refractivity contribution in [1.29, 1.82) is 0 Å². The highest BCUT2D eigenvalue weighted by Gasteiger charge is 2.20. The van der Waals surface area contributed by atoms with Crippen molar-refractivity contribution >= 4 is 11.4 Å². The first-order valence-electron chi connectivity index (χ1n) is 4.57. The van der Waals surface area contributed by atoms with Crippen molar-refractivity contribution in [2.24, 2.45) is 17.9 Å². The molecule has 1 aliphatic heterocycles. The first kappa shape index (κ1) is 9.85. The zero-order valence-corrected chi connectivity index (χ0v) is 8.31. The van der Waals surface area contributed by atoms with Gasteiger partial charge in [0.25, 0.3) is 0 Å². The molecule has 0 spiro atoms. The van der Waals surface area contributed by atoms with Crippen molar-refractivity contribution in [3.05, 3.63) is 24.2 Å². The number of nitrogens with one attached hydrogen (secondary N) is 1. The molecule has 1 aromatic rings. The van der Waals surface area contributed by atoms with Gasteiger partial charge in [-0.25, -0.2) is 15.2 Å². The van der Waals surface area contributed by atoms with E-state index < -0.39 is 6.17 Å². The zero-order chi connectivity index (χ0) is 10.8. The van der Waals surface area contributed by atoms with E-state index in [4.69, 9.17) is 5.84 Å². The number of rotatable bonds is 1. The van der Waals surface area contributed by atoms with Crippen LogP contribution in [0.5, 0.6) is 0 Å². The van der Waals surface area contributed by atoms with E-state index in [1.54, 1.807) is 17.1 Å². The van der Waals surface area contributed by atoms with E-state index in [0.29, 0.717) is 0 Å². The minimum absolute atomic E-state index is 0.169. The van der Waals surface area contributed by atoms with Gasteiger partial charge in [-0.05, 0) is 5.57 Å². The summed E-state index contributed by atoms with van der Waals surface area (Å²) in [6, 6.07) is 0. The maximum absolute atomic E-state index is 13.4. The van der Waals surface area contributed by atoms with Crippen LogP contribution in [0.4, 0.5) is 4.39 Å². The lowest BCUT2D eigenvalue weighted by Gasteiger charge is -2.16. The third-order valence-electron chi connectivity index (χ3n) is 2.28. The molecule has 0 saturated heterocycles. The maximum Gasteiger partial charge on any atom is 0.162 e. The van der Waals surface area contributed by atoms with Crippen molar-refractivity contribution in [2.75, 3.05) is 0 Å². The number of nitrogens with zero attached hydrogens (tertiary/aromatic N) is 3. The SMILES string of the molecule is Cn1cc(C2=CN=C(NN)C(F)C2)cn1. The second kappa shape index (κ2) is 3.82. The van der Waals surface area contributed by atoms with Crippen LogP contribution in [0.2, 0.25) is 0 Å². The summed E-state index contributed by atoms with van der Waals surface area (Å²) in [5, 5.41) is 4.02. The van der Waals surface area contributed by atoms with E-state index in [-0.39, 0.29) is 12.3 Å². The van der Waals surface area contributed by atoms with Gasteiger partial charge in [-0.15, -0.1) is 0 Å². The third kappa shape index (κ3) is 1.89. The van der Waals surface area contributed by atoms with Crippen molar-refractivity contribution in [2.45, 2.75) is 12.6 Å². The van der Waals surface area contributed by atoms with Gasteiger partial charge in [0.2, 0.25) is 0 Å². The number of aliphatic imine (C=N–C) groups is 1. The normalized spacial score (nSPS) is 20.9. The lowest BCUT2D eigenvalue weighted by atomic mass is 10.0. The summed E-state index contributed by atoms with van der Waals surface area (Å²) >= 11 is 0. The van der Waals surface area contributed by atoms with Gasteiger partial charge in [0.05, 0.1) is 6.20 Å². The average Bonchev–Trinajstić information content (AvgIpc) is 2.65. The molecule has 0 radical (unpaired) electrons. The van der Waals surface area contributed by atoms with Gasteiger partial charge in [0.1, 0.15) is 0 Å². The molecule has 0 bridgehead atoms. The second-order valence-electron chi connectivity index (χ2n) is 3.39. The summed E-state index contributed by atoms with van der Waals surface area (Å²) in [6.07, 6.45) is 4.23. The Morgan fingerprint density at radius 1 is 1.67 bits per heavy atom. The first-order valence-corrected chi connectivity index (χ1v) is 4.57. The lowest BCUT2D eigenvalue weighted by Crippen LogP contribution is -2.38. The molecule has 0 fully saturated rings. The van der Waals surface area contributed by atoms with Crippen molar-refractivity contribution < 1.29 is 4.39 Å². The van der Waals surface area contributed by atoms with Gasteiger partial charge in [0.15, 0.2) is 12.0 Å².